The van der Waals surface area contributed by atoms with Gasteiger partial charge in [0.2, 0.25) is 5.91 Å². The van der Waals surface area contributed by atoms with Crippen LogP contribution in [0.3, 0.4) is 0 Å². The van der Waals surface area contributed by atoms with Crippen molar-refractivity contribution in [3.63, 3.8) is 0 Å². The van der Waals surface area contributed by atoms with Crippen LogP contribution in [0.25, 0.3) is 0 Å². The van der Waals surface area contributed by atoms with E-state index in [0.29, 0.717) is 12.3 Å². The molecule has 0 aromatic rings. The van der Waals surface area contributed by atoms with E-state index in [9.17, 15) is 4.79 Å². The van der Waals surface area contributed by atoms with Gasteiger partial charge >= 0.3 is 0 Å². The van der Waals surface area contributed by atoms with Gasteiger partial charge in [0.15, 0.2) is 0 Å². The highest BCUT2D eigenvalue weighted by Gasteiger charge is 2.20. The molecule has 0 aromatic carbocycles. The van der Waals surface area contributed by atoms with Crippen molar-refractivity contribution in [2.45, 2.75) is 27.7 Å². The molecule has 0 radical (unpaired) electrons. The zero-order valence-corrected chi connectivity index (χ0v) is 14.1. The van der Waals surface area contributed by atoms with Crippen LogP contribution in [0.2, 0.25) is 0 Å². The van der Waals surface area contributed by atoms with Gasteiger partial charge in [-0.25, -0.2) is 0 Å². The molecule has 0 aliphatic heterocycles. The number of carbonyl (C=O) groups is 1. The third-order valence-electron chi connectivity index (χ3n) is 3.32. The van der Waals surface area contributed by atoms with Crippen molar-refractivity contribution in [1.29, 1.82) is 0 Å². The van der Waals surface area contributed by atoms with E-state index in [4.69, 9.17) is 5.73 Å². The van der Waals surface area contributed by atoms with Crippen LogP contribution in [-0.2, 0) is 4.79 Å². The average Bonchev–Trinajstić information content (AvgIpc) is 2.38. The molecule has 0 atom stereocenters. The van der Waals surface area contributed by atoms with Crippen LogP contribution in [0.1, 0.15) is 27.7 Å². The summed E-state index contributed by atoms with van der Waals surface area (Å²) >= 11 is 1.72. The average molecular weight is 289 g/mol. The van der Waals surface area contributed by atoms with Gasteiger partial charge in [0.05, 0.1) is 5.75 Å². The van der Waals surface area contributed by atoms with Crippen LogP contribution in [0, 0.1) is 5.41 Å². The molecule has 1 amide bonds. The summed E-state index contributed by atoms with van der Waals surface area (Å²) in [6, 6.07) is 0. The topological polar surface area (TPSA) is 49.6 Å². The first-order chi connectivity index (χ1) is 8.86. The third kappa shape index (κ3) is 8.50. The minimum absolute atomic E-state index is 0.00367. The number of nitrogens with two attached hydrogens (primary N) is 1. The smallest absolute Gasteiger partial charge is 0.232 e. The molecule has 4 nitrogen and oxygen atoms in total. The van der Waals surface area contributed by atoms with Gasteiger partial charge in [-0.1, -0.05) is 27.7 Å². The molecular formula is C14H31N3OS. The van der Waals surface area contributed by atoms with Crippen LogP contribution in [0.4, 0.5) is 0 Å². The van der Waals surface area contributed by atoms with Crippen molar-refractivity contribution in [3.8, 4) is 0 Å². The van der Waals surface area contributed by atoms with Gasteiger partial charge in [0, 0.05) is 25.9 Å². The summed E-state index contributed by atoms with van der Waals surface area (Å²) in [6.45, 7) is 13.0. The zero-order chi connectivity index (χ0) is 14.9. The Kier molecular flexibility index (Phi) is 9.48. The van der Waals surface area contributed by atoms with Gasteiger partial charge in [-0.15, -0.1) is 0 Å². The van der Waals surface area contributed by atoms with E-state index in [1.165, 1.54) is 0 Å². The van der Waals surface area contributed by atoms with Crippen LogP contribution in [0.5, 0.6) is 0 Å². The molecule has 0 saturated heterocycles. The minimum atomic E-state index is -0.00367. The number of carbonyl (C=O) groups excluding carboxylic acids is 1. The van der Waals surface area contributed by atoms with Crippen LogP contribution < -0.4 is 5.73 Å². The zero-order valence-electron chi connectivity index (χ0n) is 13.2. The Balaban J connectivity index is 3.86. The first-order valence-corrected chi connectivity index (χ1v) is 8.26. The Labute approximate surface area is 123 Å². The lowest BCUT2D eigenvalue weighted by molar-refractivity contribution is -0.128. The second-order valence-electron chi connectivity index (χ2n) is 5.70. The van der Waals surface area contributed by atoms with Crippen molar-refractivity contribution in [1.82, 2.24) is 9.80 Å². The largest absolute Gasteiger partial charge is 0.344 e. The fourth-order valence-electron chi connectivity index (χ4n) is 1.80. The number of rotatable bonds is 10. The molecule has 2 N–H and O–H groups in total. The maximum absolute atomic E-state index is 12.0. The summed E-state index contributed by atoms with van der Waals surface area (Å²) in [6.07, 6.45) is 0. The van der Waals surface area contributed by atoms with Crippen molar-refractivity contribution >= 4 is 17.7 Å². The van der Waals surface area contributed by atoms with Gasteiger partial charge in [-0.05, 0) is 25.0 Å². The van der Waals surface area contributed by atoms with E-state index in [0.717, 1.165) is 31.9 Å². The van der Waals surface area contributed by atoms with Crippen molar-refractivity contribution in [2.75, 3.05) is 51.3 Å². The van der Waals surface area contributed by atoms with Gasteiger partial charge < -0.3 is 15.5 Å². The lowest BCUT2D eigenvalue weighted by Crippen LogP contribution is -2.40. The van der Waals surface area contributed by atoms with Crippen LogP contribution >= 0.6 is 11.8 Å². The van der Waals surface area contributed by atoms with Gasteiger partial charge in [-0.2, -0.15) is 11.8 Å². The normalized spacial score (nSPS) is 11.9. The Morgan fingerprint density at radius 1 is 1.26 bits per heavy atom. The molecule has 5 heteroatoms. The summed E-state index contributed by atoms with van der Waals surface area (Å²) in [5.74, 6) is 1.78. The maximum Gasteiger partial charge on any atom is 0.232 e. The lowest BCUT2D eigenvalue weighted by Gasteiger charge is -2.29. The molecule has 0 aromatic heterocycles. The van der Waals surface area contributed by atoms with E-state index in [-0.39, 0.29) is 11.3 Å². The van der Waals surface area contributed by atoms with E-state index in [1.54, 1.807) is 16.7 Å². The van der Waals surface area contributed by atoms with E-state index < -0.39 is 0 Å². The number of hydrogen-bond donors (Lipinski definition) is 1. The molecule has 0 rings (SSSR count). The summed E-state index contributed by atoms with van der Waals surface area (Å²) in [5.41, 5.74) is 5.69. The quantitative estimate of drug-likeness (QED) is 0.619. The van der Waals surface area contributed by atoms with Gasteiger partial charge in [-0.3, -0.25) is 4.79 Å². The highest BCUT2D eigenvalue weighted by atomic mass is 32.2. The van der Waals surface area contributed by atoms with Gasteiger partial charge in [0.1, 0.15) is 0 Å². The second kappa shape index (κ2) is 9.61. The van der Waals surface area contributed by atoms with E-state index in [2.05, 4.69) is 32.6 Å². The molecule has 0 spiro atoms. The Bertz CT molecular complexity index is 255. The van der Waals surface area contributed by atoms with Crippen molar-refractivity contribution < 1.29 is 4.79 Å². The first-order valence-electron chi connectivity index (χ1n) is 7.10. The SMILES string of the molecule is CCN(CC)CCSCC(=O)N(C)CC(C)(C)CN. The predicted molar refractivity (Wildman–Crippen MR) is 85.6 cm³/mol. The highest BCUT2D eigenvalue weighted by molar-refractivity contribution is 7.99. The Hall–Kier alpha value is -0.260. The molecule has 19 heavy (non-hydrogen) atoms. The van der Waals surface area contributed by atoms with E-state index in [1.807, 2.05) is 7.05 Å². The fourth-order valence-corrected chi connectivity index (χ4v) is 2.72. The summed E-state index contributed by atoms with van der Waals surface area (Å²) in [4.78, 5) is 16.1. The number of nitrogens with zero attached hydrogens (tertiary/aromatic N) is 2. The molecule has 0 aliphatic carbocycles. The molecular weight excluding hydrogens is 258 g/mol. The second-order valence-corrected chi connectivity index (χ2v) is 6.80. The molecule has 0 aliphatic rings. The fraction of sp³-hybridized carbons (Fsp3) is 0.929. The molecule has 0 bridgehead atoms. The molecule has 114 valence electrons. The summed E-state index contributed by atoms with van der Waals surface area (Å²) in [5, 5.41) is 0. The lowest BCUT2D eigenvalue weighted by atomic mass is 9.93. The molecule has 0 unspecified atom stereocenters. The maximum atomic E-state index is 12.0. The van der Waals surface area contributed by atoms with Crippen molar-refractivity contribution in [2.24, 2.45) is 11.1 Å². The minimum Gasteiger partial charge on any atom is -0.344 e. The number of hydrogen-bond acceptors (Lipinski definition) is 4. The Morgan fingerprint density at radius 2 is 1.84 bits per heavy atom. The highest BCUT2D eigenvalue weighted by Crippen LogP contribution is 2.14. The predicted octanol–water partition coefficient (Wildman–Crippen LogP) is 1.50. The molecule has 0 fully saturated rings. The standard InChI is InChI=1S/C14H31N3OS/c1-6-17(7-2)8-9-19-10-13(18)16(5)12-14(3,4)11-15/h6-12,15H2,1-5H3. The van der Waals surface area contributed by atoms with Crippen LogP contribution in [-0.4, -0.2) is 67.0 Å². The van der Waals surface area contributed by atoms with E-state index >= 15 is 0 Å². The summed E-state index contributed by atoms with van der Waals surface area (Å²) in [7, 11) is 1.87. The molecule has 0 heterocycles. The van der Waals surface area contributed by atoms with Gasteiger partial charge in [0.25, 0.3) is 0 Å². The van der Waals surface area contributed by atoms with Crippen LogP contribution in [0.15, 0.2) is 0 Å². The Morgan fingerprint density at radius 3 is 2.32 bits per heavy atom. The molecule has 0 saturated carbocycles. The van der Waals surface area contributed by atoms with Crippen molar-refractivity contribution in [3.05, 3.63) is 0 Å². The first kappa shape index (κ1) is 18.7. The number of amides is 1. The summed E-state index contributed by atoms with van der Waals surface area (Å²) < 4.78 is 0. The monoisotopic (exact) mass is 289 g/mol. The third-order valence-corrected chi connectivity index (χ3v) is 4.24. The number of thioether (sulfide) groups is 1.